The largest absolute Gasteiger partial charge is 0.481 e. The van der Waals surface area contributed by atoms with Crippen molar-refractivity contribution in [2.75, 3.05) is 22.9 Å². The Bertz CT molecular complexity index is 2750. The molecule has 2 saturated carbocycles. The first-order valence-corrected chi connectivity index (χ1v) is 27.2. The van der Waals surface area contributed by atoms with E-state index in [1.165, 1.54) is 11.1 Å². The van der Waals surface area contributed by atoms with Gasteiger partial charge >= 0.3 is 18.1 Å². The van der Waals surface area contributed by atoms with Crippen LogP contribution in [0.2, 0.25) is 0 Å². The fourth-order valence-electron chi connectivity index (χ4n) is 13.3. The van der Waals surface area contributed by atoms with Crippen molar-refractivity contribution in [2.45, 2.75) is 167 Å². The van der Waals surface area contributed by atoms with E-state index in [-0.39, 0.29) is 61.0 Å². The van der Waals surface area contributed by atoms with Crippen LogP contribution < -0.4 is 49.1 Å². The third-order valence-electron chi connectivity index (χ3n) is 17.7. The molecule has 19 nitrogen and oxygen atoms in total. The average Bonchev–Trinajstić information content (AvgIpc) is 3.47. The summed E-state index contributed by atoms with van der Waals surface area (Å²) in [6.45, 7) is 12.0. The van der Waals surface area contributed by atoms with Crippen LogP contribution in [0, 0.1) is 28.6 Å². The summed E-state index contributed by atoms with van der Waals surface area (Å²) in [5.74, 6) is -3.52. The molecular formula is C58H79N9O10. The van der Waals surface area contributed by atoms with Crippen molar-refractivity contribution >= 4 is 64.7 Å². The standard InChI is InChI=1S/C58H79N9O10/c1-33(2)47(60)50(72)65-42(10-7-29-62-53(61)75)48(70)63-38-18-11-34(12-19-38)32-77-54(76)66-43(21-24-46(68)69)49(71)64-39-20-14-36-16-23-45-56(4,41(36)31-39)26-9-28-58(45,6)52(74)67-51(73)57(5)27-8-25-55(3)40-30-37(59)17-13-35(40)15-22-44(55)57/h11-14,17-20,30-31,33,42-45,47H,7-10,15-16,21-29,32,59-60H2,1-6H3,(H,63,70)(H,64,71)(H,65,72)(H,66,76)(H,68,69)(H3,61,62,75)(H,67,73,74)/t42-,43-,44+,45+,47-,55+,56+,57-,58-/m0/s1. The van der Waals surface area contributed by atoms with Crippen LogP contribution in [-0.4, -0.2) is 77.4 Å². The number of nitrogens with two attached hydrogens (primary N) is 3. The summed E-state index contributed by atoms with van der Waals surface area (Å²) < 4.78 is 5.46. The second kappa shape index (κ2) is 23.7. The van der Waals surface area contributed by atoms with E-state index < -0.39 is 76.6 Å². The number of carboxylic acids is 1. The molecule has 0 saturated heterocycles. The van der Waals surface area contributed by atoms with E-state index in [2.05, 4.69) is 57.9 Å². The molecular weight excluding hydrogens is 983 g/mol. The highest BCUT2D eigenvalue weighted by Gasteiger charge is 2.58. The maximum atomic E-state index is 14.8. The molecule has 0 heterocycles. The molecule has 77 heavy (non-hydrogen) atoms. The number of ether oxygens (including phenoxy) is 1. The van der Waals surface area contributed by atoms with Crippen molar-refractivity contribution in [3.63, 3.8) is 0 Å². The normalized spacial score (nSPS) is 25.4. The van der Waals surface area contributed by atoms with Gasteiger partial charge in [0, 0.05) is 30.0 Å². The highest BCUT2D eigenvalue weighted by Crippen LogP contribution is 2.60. The molecule has 13 N–H and O–H groups in total. The van der Waals surface area contributed by atoms with E-state index in [0.29, 0.717) is 48.3 Å². The molecule has 0 radical (unpaired) electrons. The van der Waals surface area contributed by atoms with Gasteiger partial charge in [0.05, 0.1) is 16.9 Å². The van der Waals surface area contributed by atoms with E-state index in [9.17, 15) is 43.5 Å². The van der Waals surface area contributed by atoms with Crippen molar-refractivity contribution in [2.24, 2.45) is 40.1 Å². The molecule has 8 amide bonds. The summed E-state index contributed by atoms with van der Waals surface area (Å²) in [6.07, 6.45) is 6.73. The lowest BCUT2D eigenvalue weighted by atomic mass is 9.49. The van der Waals surface area contributed by atoms with Crippen molar-refractivity contribution < 1.29 is 48.2 Å². The molecule has 7 rings (SSSR count). The second-order valence-electron chi connectivity index (χ2n) is 23.3. The lowest BCUT2D eigenvalue weighted by molar-refractivity contribution is -0.150. The zero-order chi connectivity index (χ0) is 56.0. The third-order valence-corrected chi connectivity index (χ3v) is 17.7. The maximum Gasteiger partial charge on any atom is 0.408 e. The van der Waals surface area contributed by atoms with Gasteiger partial charge in [0.1, 0.15) is 18.7 Å². The first kappa shape index (κ1) is 57.7. The third kappa shape index (κ3) is 12.7. The van der Waals surface area contributed by atoms with Gasteiger partial charge in [-0.25, -0.2) is 9.59 Å². The Morgan fingerprint density at radius 1 is 0.688 bits per heavy atom. The number of hydrogen-bond acceptors (Lipinski definition) is 11. The molecule has 3 aromatic rings. The first-order chi connectivity index (χ1) is 36.4. The number of urea groups is 1. The number of fused-ring (bicyclic) bond motifs is 6. The number of nitrogen functional groups attached to an aromatic ring is 1. The summed E-state index contributed by atoms with van der Waals surface area (Å²) in [5.41, 5.74) is 21.8. The SMILES string of the molecule is CC(C)[C@H](N)C(=O)N[C@@H](CCCNC(N)=O)C(=O)Nc1ccc(COC(=O)N[C@@H](CCC(=O)O)C(=O)Nc2ccc3c(c2)[C@@]2(C)CCC[C@](C)(C(=O)NC(=O)[C@@]4(C)CCC[C@]5(C)c6cc(N)ccc6CC[C@@H]45)[C@@H]2CC3)cc1. The zero-order valence-corrected chi connectivity index (χ0v) is 45.4. The number of primary amides is 1. The van der Waals surface area contributed by atoms with Gasteiger partial charge in [-0.05, 0) is 163 Å². The molecule has 0 aromatic heterocycles. The van der Waals surface area contributed by atoms with Gasteiger partial charge in [0.25, 0.3) is 0 Å². The number of benzene rings is 3. The number of aliphatic carboxylic acids is 1. The van der Waals surface area contributed by atoms with Gasteiger partial charge < -0.3 is 53.6 Å². The Morgan fingerprint density at radius 3 is 1.78 bits per heavy atom. The van der Waals surface area contributed by atoms with Crippen LogP contribution in [-0.2, 0) is 63.8 Å². The zero-order valence-electron chi connectivity index (χ0n) is 45.4. The summed E-state index contributed by atoms with van der Waals surface area (Å²) in [7, 11) is 0. The van der Waals surface area contributed by atoms with Gasteiger partial charge in [0.2, 0.25) is 29.5 Å². The Kier molecular flexibility index (Phi) is 17.8. The molecule has 0 bridgehead atoms. The quantitative estimate of drug-likeness (QED) is 0.0346. The minimum absolute atomic E-state index is 0.0417. The Labute approximate surface area is 451 Å². The Balaban J connectivity index is 0.973. The molecule has 416 valence electrons. The summed E-state index contributed by atoms with van der Waals surface area (Å²) in [4.78, 5) is 105. The van der Waals surface area contributed by atoms with Crippen LogP contribution in [0.1, 0.15) is 146 Å². The lowest BCUT2D eigenvalue weighted by Gasteiger charge is -2.56. The maximum absolute atomic E-state index is 14.8. The number of carbonyl (C=O) groups is 8. The first-order valence-electron chi connectivity index (χ1n) is 27.2. The number of aryl methyl sites for hydroxylation is 2. The van der Waals surface area contributed by atoms with E-state index in [0.717, 1.165) is 56.1 Å². The van der Waals surface area contributed by atoms with Crippen LogP contribution in [0.4, 0.5) is 26.7 Å². The number of anilines is 3. The Hall–Kier alpha value is -7.02. The van der Waals surface area contributed by atoms with Crippen LogP contribution in [0.5, 0.6) is 0 Å². The minimum atomic E-state index is -1.28. The van der Waals surface area contributed by atoms with Crippen LogP contribution in [0.15, 0.2) is 60.7 Å². The van der Waals surface area contributed by atoms with Crippen molar-refractivity contribution in [1.82, 2.24) is 21.3 Å². The molecule has 9 atom stereocenters. The lowest BCUT2D eigenvalue weighted by Crippen LogP contribution is -2.60. The molecule has 19 heteroatoms. The predicted octanol–water partition coefficient (Wildman–Crippen LogP) is 6.59. The van der Waals surface area contributed by atoms with Crippen LogP contribution >= 0.6 is 0 Å². The monoisotopic (exact) mass is 1060 g/mol. The number of amides is 8. The van der Waals surface area contributed by atoms with Crippen LogP contribution in [0.25, 0.3) is 0 Å². The van der Waals surface area contributed by atoms with Crippen molar-refractivity contribution in [3.05, 3.63) is 88.5 Å². The highest BCUT2D eigenvalue weighted by molar-refractivity contribution is 6.01. The molecule has 0 spiro atoms. The number of rotatable bonds is 19. The van der Waals surface area contributed by atoms with E-state index in [1.807, 2.05) is 32.0 Å². The highest BCUT2D eigenvalue weighted by atomic mass is 16.5. The molecule has 3 aromatic carbocycles. The van der Waals surface area contributed by atoms with E-state index in [1.54, 1.807) is 44.2 Å². The number of carboxylic acid groups (broad SMARTS) is 1. The number of carbonyl (C=O) groups excluding carboxylic acids is 7. The number of nitrogens with one attached hydrogen (secondary N) is 6. The Morgan fingerprint density at radius 2 is 1.22 bits per heavy atom. The van der Waals surface area contributed by atoms with Gasteiger partial charge in [-0.15, -0.1) is 0 Å². The molecule has 0 aliphatic heterocycles. The molecule has 4 aliphatic carbocycles. The van der Waals surface area contributed by atoms with E-state index >= 15 is 0 Å². The van der Waals surface area contributed by atoms with Crippen LogP contribution in [0.3, 0.4) is 0 Å². The summed E-state index contributed by atoms with van der Waals surface area (Å²) in [6, 6.07) is 14.4. The smallest absolute Gasteiger partial charge is 0.408 e. The number of hydrogen-bond donors (Lipinski definition) is 10. The minimum Gasteiger partial charge on any atom is -0.481 e. The average molecular weight is 1060 g/mol. The van der Waals surface area contributed by atoms with Gasteiger partial charge in [-0.3, -0.25) is 34.1 Å². The number of imide groups is 1. The number of alkyl carbamates (subject to hydrolysis) is 1. The van der Waals surface area contributed by atoms with Gasteiger partial charge in [0.15, 0.2) is 0 Å². The predicted molar refractivity (Wildman–Crippen MR) is 292 cm³/mol. The van der Waals surface area contributed by atoms with Crippen molar-refractivity contribution in [1.29, 1.82) is 0 Å². The van der Waals surface area contributed by atoms with E-state index in [4.69, 9.17) is 21.9 Å². The van der Waals surface area contributed by atoms with Gasteiger partial charge in [-0.2, -0.15) is 0 Å². The van der Waals surface area contributed by atoms with Crippen molar-refractivity contribution in [3.8, 4) is 0 Å². The topological polar surface area (TPSA) is 316 Å². The fraction of sp³-hybridized carbons (Fsp3) is 0.552. The molecule has 4 aliphatic rings. The summed E-state index contributed by atoms with van der Waals surface area (Å²) >= 11 is 0. The molecule has 0 unspecified atom stereocenters. The summed E-state index contributed by atoms with van der Waals surface area (Å²) in [5, 5.41) is 25.9. The van der Waals surface area contributed by atoms with Gasteiger partial charge in [-0.1, -0.05) is 78.6 Å². The molecule has 2 fully saturated rings. The fourth-order valence-corrected chi connectivity index (χ4v) is 13.3. The second-order valence-corrected chi connectivity index (χ2v) is 23.3.